The van der Waals surface area contributed by atoms with Crippen LogP contribution in [0.5, 0.6) is 0 Å². The fourth-order valence-electron chi connectivity index (χ4n) is 0.570. The SMILES string of the molecule is O=C(F)c1cc(F)c(F)c(Br)n1. The number of carbonyl (C=O) groups excluding carboxylic acids is 1. The molecule has 0 spiro atoms. The van der Waals surface area contributed by atoms with E-state index in [1.165, 1.54) is 0 Å². The molecule has 0 amide bonds. The lowest BCUT2D eigenvalue weighted by molar-refractivity contribution is 0.0829. The van der Waals surface area contributed by atoms with Crippen molar-refractivity contribution < 1.29 is 18.0 Å². The molecule has 2 nitrogen and oxygen atoms in total. The van der Waals surface area contributed by atoms with Gasteiger partial charge in [0, 0.05) is 6.07 Å². The second kappa shape index (κ2) is 3.22. The van der Waals surface area contributed by atoms with E-state index in [4.69, 9.17) is 0 Å². The highest BCUT2D eigenvalue weighted by molar-refractivity contribution is 9.10. The van der Waals surface area contributed by atoms with Gasteiger partial charge in [-0.25, -0.2) is 13.8 Å². The molecule has 64 valence electrons. The molecule has 0 radical (unpaired) electrons. The highest BCUT2D eigenvalue weighted by Gasteiger charge is 2.14. The van der Waals surface area contributed by atoms with Gasteiger partial charge in [0.2, 0.25) is 0 Å². The third-order valence-electron chi connectivity index (χ3n) is 1.07. The Bertz CT molecular complexity index is 319. The first-order chi connectivity index (χ1) is 5.52. The van der Waals surface area contributed by atoms with Crippen LogP contribution in [0.2, 0.25) is 0 Å². The fraction of sp³-hybridized carbons (Fsp3) is 0. The van der Waals surface area contributed by atoms with Crippen molar-refractivity contribution in [3.63, 3.8) is 0 Å². The Kier molecular flexibility index (Phi) is 2.46. The van der Waals surface area contributed by atoms with Crippen LogP contribution in [0.4, 0.5) is 13.2 Å². The second-order valence-corrected chi connectivity index (χ2v) is 2.62. The number of rotatable bonds is 1. The van der Waals surface area contributed by atoms with Crippen molar-refractivity contribution in [1.29, 1.82) is 0 Å². The Morgan fingerprint density at radius 1 is 1.50 bits per heavy atom. The first-order valence-corrected chi connectivity index (χ1v) is 3.53. The van der Waals surface area contributed by atoms with Crippen LogP contribution in [0, 0.1) is 11.6 Å². The molecule has 0 bridgehead atoms. The van der Waals surface area contributed by atoms with Crippen molar-refractivity contribution in [3.05, 3.63) is 28.0 Å². The average Bonchev–Trinajstić information content (AvgIpc) is 1.99. The van der Waals surface area contributed by atoms with E-state index in [0.29, 0.717) is 6.07 Å². The fourth-order valence-corrected chi connectivity index (χ4v) is 0.950. The van der Waals surface area contributed by atoms with Crippen molar-refractivity contribution in [2.24, 2.45) is 0 Å². The number of halogens is 4. The highest BCUT2D eigenvalue weighted by atomic mass is 79.9. The Balaban J connectivity index is 3.31. The Morgan fingerprint density at radius 2 is 2.08 bits per heavy atom. The van der Waals surface area contributed by atoms with Gasteiger partial charge in [-0.15, -0.1) is 0 Å². The van der Waals surface area contributed by atoms with Crippen LogP contribution in [0.15, 0.2) is 10.7 Å². The van der Waals surface area contributed by atoms with Crippen molar-refractivity contribution in [2.45, 2.75) is 0 Å². The Labute approximate surface area is 73.5 Å². The van der Waals surface area contributed by atoms with E-state index in [2.05, 4.69) is 20.9 Å². The Morgan fingerprint density at radius 3 is 2.50 bits per heavy atom. The van der Waals surface area contributed by atoms with E-state index in [1.807, 2.05) is 0 Å². The summed E-state index contributed by atoms with van der Waals surface area (Å²) < 4.78 is 36.3. The molecule has 0 atom stereocenters. The summed E-state index contributed by atoms with van der Waals surface area (Å²) in [6, 6.07) is -1.52. The number of hydrogen-bond donors (Lipinski definition) is 0. The normalized spacial score (nSPS) is 10.0. The third-order valence-corrected chi connectivity index (χ3v) is 1.60. The first kappa shape index (κ1) is 9.18. The van der Waals surface area contributed by atoms with Gasteiger partial charge in [0.05, 0.1) is 0 Å². The monoisotopic (exact) mass is 239 g/mol. The smallest absolute Gasteiger partial charge is 0.254 e. The predicted molar refractivity (Wildman–Crippen MR) is 37.3 cm³/mol. The molecule has 0 N–H and O–H groups in total. The molecule has 1 aromatic heterocycles. The van der Waals surface area contributed by atoms with E-state index < -0.39 is 28.0 Å². The third kappa shape index (κ3) is 1.63. The minimum atomic E-state index is -1.91. The Hall–Kier alpha value is -0.910. The summed E-state index contributed by atoms with van der Waals surface area (Å²) in [5, 5.41) is 0. The zero-order valence-electron chi connectivity index (χ0n) is 5.44. The topological polar surface area (TPSA) is 30.0 Å². The molecule has 0 fully saturated rings. The van der Waals surface area contributed by atoms with Gasteiger partial charge >= 0.3 is 6.04 Å². The summed E-state index contributed by atoms with van der Waals surface area (Å²) in [4.78, 5) is 13.1. The van der Waals surface area contributed by atoms with Gasteiger partial charge in [-0.05, 0) is 15.9 Å². The van der Waals surface area contributed by atoms with Crippen molar-refractivity contribution in [1.82, 2.24) is 4.98 Å². The van der Waals surface area contributed by atoms with Gasteiger partial charge in [0.1, 0.15) is 10.3 Å². The van der Waals surface area contributed by atoms with E-state index >= 15 is 0 Å². The van der Waals surface area contributed by atoms with Crippen LogP contribution in [-0.2, 0) is 0 Å². The predicted octanol–water partition coefficient (Wildman–Crippen LogP) is 2.23. The van der Waals surface area contributed by atoms with E-state index in [-0.39, 0.29) is 0 Å². The van der Waals surface area contributed by atoms with Crippen molar-refractivity contribution in [3.8, 4) is 0 Å². The molecule has 0 unspecified atom stereocenters. The number of nitrogens with zero attached hydrogens (tertiary/aromatic N) is 1. The lowest BCUT2D eigenvalue weighted by Gasteiger charge is -1.96. The van der Waals surface area contributed by atoms with Gasteiger partial charge in [-0.3, -0.25) is 4.79 Å². The molecule has 0 aromatic carbocycles. The maximum absolute atomic E-state index is 12.5. The number of hydrogen-bond acceptors (Lipinski definition) is 2. The summed E-state index contributed by atoms with van der Waals surface area (Å²) in [5.74, 6) is -2.57. The molecule has 0 aliphatic heterocycles. The standard InChI is InChI=1S/C6HBrF3NO/c7-5-4(9)2(8)1-3(11-5)6(10)12/h1H. The zero-order chi connectivity index (χ0) is 9.30. The van der Waals surface area contributed by atoms with E-state index in [1.54, 1.807) is 0 Å². The second-order valence-electron chi connectivity index (χ2n) is 1.87. The van der Waals surface area contributed by atoms with Crippen LogP contribution in [0.3, 0.4) is 0 Å². The summed E-state index contributed by atoms with van der Waals surface area (Å²) in [6.45, 7) is 0. The lowest BCUT2D eigenvalue weighted by Crippen LogP contribution is -1.99. The molecule has 0 saturated heterocycles. The summed E-state index contributed by atoms with van der Waals surface area (Å²) >= 11 is 2.52. The molecule has 6 heteroatoms. The van der Waals surface area contributed by atoms with Gasteiger partial charge < -0.3 is 0 Å². The lowest BCUT2D eigenvalue weighted by atomic mass is 10.3. The van der Waals surface area contributed by atoms with Crippen molar-refractivity contribution >= 4 is 22.0 Å². The minimum absolute atomic E-state index is 0.391. The van der Waals surface area contributed by atoms with Crippen LogP contribution >= 0.6 is 15.9 Å². The maximum atomic E-state index is 12.5. The molecule has 12 heavy (non-hydrogen) atoms. The molecule has 1 heterocycles. The molecule has 1 rings (SSSR count). The summed E-state index contributed by atoms with van der Waals surface area (Å²) in [6.07, 6.45) is 0. The molecule has 1 aromatic rings. The largest absolute Gasteiger partial charge is 0.350 e. The maximum Gasteiger partial charge on any atom is 0.350 e. The van der Waals surface area contributed by atoms with Crippen molar-refractivity contribution in [2.75, 3.05) is 0 Å². The first-order valence-electron chi connectivity index (χ1n) is 2.73. The van der Waals surface area contributed by atoms with E-state index in [9.17, 15) is 18.0 Å². The van der Waals surface area contributed by atoms with Gasteiger partial charge in [-0.1, -0.05) is 0 Å². The summed E-state index contributed by atoms with van der Waals surface area (Å²) in [7, 11) is 0. The molecular weight excluding hydrogens is 239 g/mol. The van der Waals surface area contributed by atoms with Gasteiger partial charge in [0.25, 0.3) is 0 Å². The quantitative estimate of drug-likeness (QED) is 0.556. The van der Waals surface area contributed by atoms with Crippen LogP contribution < -0.4 is 0 Å². The number of carbonyl (C=O) groups is 1. The summed E-state index contributed by atoms with van der Waals surface area (Å²) in [5.41, 5.74) is -0.763. The molecular formula is C6HBrF3NO. The zero-order valence-corrected chi connectivity index (χ0v) is 7.03. The number of aromatic nitrogens is 1. The molecule has 0 saturated carbocycles. The van der Waals surface area contributed by atoms with Crippen LogP contribution in [0.25, 0.3) is 0 Å². The molecule has 0 aliphatic carbocycles. The van der Waals surface area contributed by atoms with Crippen LogP contribution in [-0.4, -0.2) is 11.0 Å². The number of pyridine rings is 1. The van der Waals surface area contributed by atoms with Crippen LogP contribution in [0.1, 0.15) is 10.5 Å². The minimum Gasteiger partial charge on any atom is -0.254 e. The van der Waals surface area contributed by atoms with Gasteiger partial charge in [0.15, 0.2) is 11.6 Å². The van der Waals surface area contributed by atoms with Gasteiger partial charge in [-0.2, -0.15) is 4.39 Å². The average molecular weight is 240 g/mol. The van der Waals surface area contributed by atoms with E-state index in [0.717, 1.165) is 0 Å². The highest BCUT2D eigenvalue weighted by Crippen LogP contribution is 2.16. The molecule has 0 aliphatic rings.